The van der Waals surface area contributed by atoms with Crippen molar-refractivity contribution in [3.8, 4) is 0 Å². The Labute approximate surface area is 302 Å². The second-order valence-corrected chi connectivity index (χ2v) is 18.7. The molecule has 12 heteroatoms. The summed E-state index contributed by atoms with van der Waals surface area (Å²) in [7, 11) is 0. The average molecular weight is 725 g/mol. The zero-order chi connectivity index (χ0) is 36.2. The molecule has 8 rings (SSSR count). The van der Waals surface area contributed by atoms with Gasteiger partial charge in [0.05, 0.1) is 31.5 Å². The summed E-state index contributed by atoms with van der Waals surface area (Å²) in [5.74, 6) is 3.73. The minimum Gasteiger partial charge on any atom is -0.388 e. The first kappa shape index (κ1) is 37.4. The molecule has 0 unspecified atom stereocenters. The molecule has 51 heavy (non-hydrogen) atoms. The Morgan fingerprint density at radius 2 is 1.41 bits per heavy atom. The fourth-order valence-corrected chi connectivity index (χ4v) is 13.1. The third kappa shape index (κ3) is 6.00. The largest absolute Gasteiger partial charge is 0.388 e. The van der Waals surface area contributed by atoms with Gasteiger partial charge < -0.3 is 59.1 Å². The lowest BCUT2D eigenvalue weighted by Crippen LogP contribution is -2.61. The number of fused-ring (bicyclic) bond motifs is 7. The predicted molar refractivity (Wildman–Crippen MR) is 182 cm³/mol. The highest BCUT2D eigenvalue weighted by Gasteiger charge is 2.69. The molecule has 12 nitrogen and oxygen atoms in total. The number of ether oxygens (including phenoxy) is 6. The number of hydrogen-bond acceptors (Lipinski definition) is 12. The fourth-order valence-electron chi connectivity index (χ4n) is 13.1. The predicted octanol–water partition coefficient (Wildman–Crippen LogP) is 2.47. The molecule has 0 aromatic rings. The Morgan fingerprint density at radius 1 is 0.686 bits per heavy atom. The van der Waals surface area contributed by atoms with Crippen molar-refractivity contribution in [3.63, 3.8) is 0 Å². The second-order valence-electron chi connectivity index (χ2n) is 18.7. The minimum atomic E-state index is -1.53. The van der Waals surface area contributed by atoms with Crippen molar-refractivity contribution in [2.45, 2.75) is 178 Å². The third-order valence-electron chi connectivity index (χ3n) is 16.1. The van der Waals surface area contributed by atoms with Crippen LogP contribution in [0.3, 0.4) is 0 Å². The van der Waals surface area contributed by atoms with E-state index in [4.69, 9.17) is 28.4 Å². The van der Waals surface area contributed by atoms with Crippen molar-refractivity contribution >= 4 is 0 Å². The summed E-state index contributed by atoms with van der Waals surface area (Å²) < 4.78 is 37.1. The van der Waals surface area contributed by atoms with Gasteiger partial charge >= 0.3 is 0 Å². The van der Waals surface area contributed by atoms with E-state index in [0.29, 0.717) is 47.5 Å². The van der Waals surface area contributed by atoms with E-state index >= 15 is 0 Å². The van der Waals surface area contributed by atoms with Crippen LogP contribution < -0.4 is 0 Å². The van der Waals surface area contributed by atoms with Crippen LogP contribution in [-0.4, -0.2) is 123 Å². The van der Waals surface area contributed by atoms with E-state index in [-0.39, 0.29) is 29.3 Å². The smallest absolute Gasteiger partial charge is 0.186 e. The molecule has 0 amide bonds. The second kappa shape index (κ2) is 13.6. The van der Waals surface area contributed by atoms with E-state index in [9.17, 15) is 30.6 Å². The molecule has 0 aromatic carbocycles. The topological polar surface area (TPSA) is 177 Å². The van der Waals surface area contributed by atoms with Crippen LogP contribution in [0, 0.1) is 52.3 Å². The molecule has 4 aliphatic heterocycles. The molecule has 292 valence electrons. The molecule has 8 aliphatic rings. The summed E-state index contributed by atoms with van der Waals surface area (Å²) in [6, 6.07) is 0. The first-order valence-electron chi connectivity index (χ1n) is 20.1. The molecule has 4 saturated heterocycles. The molecule has 0 radical (unpaired) electrons. The van der Waals surface area contributed by atoms with E-state index in [2.05, 4.69) is 27.7 Å². The van der Waals surface area contributed by atoms with Crippen LogP contribution in [0.1, 0.15) is 98.8 Å². The lowest BCUT2D eigenvalue weighted by molar-refractivity contribution is -0.336. The summed E-state index contributed by atoms with van der Waals surface area (Å²) in [5, 5.41) is 62.8. The van der Waals surface area contributed by atoms with Gasteiger partial charge in [-0.1, -0.05) is 27.7 Å². The molecule has 6 N–H and O–H groups in total. The van der Waals surface area contributed by atoms with Gasteiger partial charge in [0, 0.05) is 12.3 Å². The van der Waals surface area contributed by atoms with Gasteiger partial charge in [0.15, 0.2) is 18.4 Å². The van der Waals surface area contributed by atoms with Crippen molar-refractivity contribution in [2.24, 2.45) is 52.3 Å². The zero-order valence-electron chi connectivity index (χ0n) is 31.1. The first-order chi connectivity index (χ1) is 24.2. The summed E-state index contributed by atoms with van der Waals surface area (Å²) in [6.07, 6.45) is -1.92. The van der Waals surface area contributed by atoms with Crippen molar-refractivity contribution in [3.05, 3.63) is 0 Å². The van der Waals surface area contributed by atoms with E-state index < -0.39 is 61.4 Å². The Kier molecular flexibility index (Phi) is 10.00. The molecule has 22 atom stereocenters. The van der Waals surface area contributed by atoms with Crippen LogP contribution in [-0.2, 0) is 28.4 Å². The maximum Gasteiger partial charge on any atom is 0.186 e. The van der Waals surface area contributed by atoms with Crippen LogP contribution in [0.5, 0.6) is 0 Å². The van der Waals surface area contributed by atoms with Crippen LogP contribution in [0.15, 0.2) is 0 Å². The average Bonchev–Trinajstić information content (AvgIpc) is 3.56. The lowest BCUT2D eigenvalue weighted by atomic mass is 9.44. The van der Waals surface area contributed by atoms with Crippen LogP contribution in [0.2, 0.25) is 0 Å². The molecule has 4 aliphatic carbocycles. The van der Waals surface area contributed by atoms with Crippen LogP contribution >= 0.6 is 0 Å². The maximum atomic E-state index is 10.9. The molecule has 4 saturated carbocycles. The molecule has 1 spiro atoms. The van der Waals surface area contributed by atoms with Gasteiger partial charge in [0.1, 0.15) is 42.7 Å². The Hall–Kier alpha value is -0.480. The number of aliphatic hydroxyl groups excluding tert-OH is 6. The van der Waals surface area contributed by atoms with Gasteiger partial charge in [0.25, 0.3) is 0 Å². The maximum absolute atomic E-state index is 10.9. The van der Waals surface area contributed by atoms with Gasteiger partial charge in [-0.15, -0.1) is 0 Å². The first-order valence-corrected chi connectivity index (χ1v) is 20.1. The Morgan fingerprint density at radius 3 is 2.16 bits per heavy atom. The highest BCUT2D eigenvalue weighted by molar-refractivity contribution is 5.15. The normalized spacial score (nSPS) is 59.9. The highest BCUT2D eigenvalue weighted by atomic mass is 16.7. The van der Waals surface area contributed by atoms with Crippen molar-refractivity contribution in [2.75, 3.05) is 13.2 Å². The third-order valence-corrected chi connectivity index (χ3v) is 16.1. The number of hydrogen-bond donors (Lipinski definition) is 6. The van der Waals surface area contributed by atoms with Crippen molar-refractivity contribution in [1.82, 2.24) is 0 Å². The molecular weight excluding hydrogens is 660 g/mol. The van der Waals surface area contributed by atoms with Gasteiger partial charge in [-0.05, 0) is 111 Å². The van der Waals surface area contributed by atoms with E-state index in [0.717, 1.165) is 45.1 Å². The van der Waals surface area contributed by atoms with Gasteiger partial charge in [-0.2, -0.15) is 0 Å². The van der Waals surface area contributed by atoms with Crippen molar-refractivity contribution in [1.29, 1.82) is 0 Å². The summed E-state index contributed by atoms with van der Waals surface area (Å²) in [6.45, 7) is 11.9. The van der Waals surface area contributed by atoms with Crippen LogP contribution in [0.4, 0.5) is 0 Å². The quantitative estimate of drug-likeness (QED) is 0.229. The SMILES string of the molecule is C[C@H]1CC[C@@]2(OC1)O[C@H]1C[C@H]3[C@@H]4CC[C@H]5C[C@@H](O[C@@H]6O[C@H](CO[C@@H]7O[C@@H](C)[C@H](O)[C@@H](O)[C@H]7O)[C@@H](O)[C@H](O)[C@H]6O)CC[C@]5(C)[C@H]4CC[C@]3(C)[C@H]1[C@@H]2C. The van der Waals surface area contributed by atoms with Crippen LogP contribution in [0.25, 0.3) is 0 Å². The lowest BCUT2D eigenvalue weighted by Gasteiger charge is -2.61. The van der Waals surface area contributed by atoms with E-state index in [1.807, 2.05) is 0 Å². The number of rotatable bonds is 5. The number of aliphatic hydroxyl groups is 6. The standard InChI is InChI=1S/C39H64O12/c1-18-8-13-39(47-16-18)19(2)28-26(51-39)15-25-23-7-6-21-14-22(9-11-37(21,4)24(23)10-12-38(25,28)5)49-36-34(45)32(43)30(41)27(50-36)17-46-35-33(44)31(42)29(40)20(3)48-35/h18-36,40-45H,6-17H2,1-5H3/t18-,19-,20-,21-,22-,23+,24-,25-,26-,27+,28-,29-,30+,31+,32-,33+,34+,35+,36+,37-,38-,39+/m0/s1. The summed E-state index contributed by atoms with van der Waals surface area (Å²) >= 11 is 0. The zero-order valence-corrected chi connectivity index (χ0v) is 31.1. The fraction of sp³-hybridized carbons (Fsp3) is 1.00. The van der Waals surface area contributed by atoms with Crippen molar-refractivity contribution < 1.29 is 59.1 Å². The van der Waals surface area contributed by atoms with Gasteiger partial charge in [-0.3, -0.25) is 0 Å². The monoisotopic (exact) mass is 724 g/mol. The molecular formula is C39H64O12. The molecule has 4 heterocycles. The molecule has 0 bridgehead atoms. The van der Waals surface area contributed by atoms with Gasteiger partial charge in [-0.25, -0.2) is 0 Å². The summed E-state index contributed by atoms with van der Waals surface area (Å²) in [4.78, 5) is 0. The van der Waals surface area contributed by atoms with E-state index in [1.54, 1.807) is 6.92 Å². The summed E-state index contributed by atoms with van der Waals surface area (Å²) in [5.41, 5.74) is 0.498. The van der Waals surface area contributed by atoms with E-state index in [1.165, 1.54) is 25.7 Å². The molecule has 0 aromatic heterocycles. The minimum absolute atomic E-state index is 0.160. The molecule has 8 fully saturated rings. The van der Waals surface area contributed by atoms with Gasteiger partial charge in [0.2, 0.25) is 0 Å². The Balaban J connectivity index is 0.889. The highest BCUT2D eigenvalue weighted by Crippen LogP contribution is 2.71. The Bertz CT molecular complexity index is 1250.